The van der Waals surface area contributed by atoms with Crippen LogP contribution in [0.3, 0.4) is 0 Å². The second-order valence-electron chi connectivity index (χ2n) is 4.71. The minimum absolute atomic E-state index is 0.213. The second-order valence-corrected chi connectivity index (χ2v) is 6.22. The molecule has 0 aliphatic carbocycles. The van der Waals surface area contributed by atoms with Crippen molar-refractivity contribution < 1.29 is 4.39 Å². The van der Waals surface area contributed by atoms with E-state index in [1.807, 2.05) is 12.1 Å². The van der Waals surface area contributed by atoms with Gasteiger partial charge in [0, 0.05) is 5.33 Å². The van der Waals surface area contributed by atoms with E-state index in [2.05, 4.69) is 63.0 Å². The molecule has 0 radical (unpaired) electrons. The van der Waals surface area contributed by atoms with E-state index in [-0.39, 0.29) is 5.82 Å². The number of halogens is 3. The molecule has 1 unspecified atom stereocenters. The van der Waals surface area contributed by atoms with Crippen molar-refractivity contribution in [2.45, 2.75) is 19.3 Å². The van der Waals surface area contributed by atoms with E-state index in [0.717, 1.165) is 17.3 Å². The summed E-state index contributed by atoms with van der Waals surface area (Å²) in [5, 5.41) is 0.894. The summed E-state index contributed by atoms with van der Waals surface area (Å²) in [6.45, 7) is 2.09. The highest BCUT2D eigenvalue weighted by molar-refractivity contribution is 9.10. The SMILES string of the molecule is Cc1ccc(C(CBr)Cc2ccc(F)c(Br)c2)cc1. The zero-order valence-corrected chi connectivity index (χ0v) is 13.8. The van der Waals surface area contributed by atoms with Crippen molar-refractivity contribution >= 4 is 31.9 Å². The third-order valence-corrected chi connectivity index (χ3v) is 4.59. The minimum Gasteiger partial charge on any atom is -0.206 e. The van der Waals surface area contributed by atoms with Crippen molar-refractivity contribution in [3.63, 3.8) is 0 Å². The van der Waals surface area contributed by atoms with Crippen LogP contribution >= 0.6 is 31.9 Å². The van der Waals surface area contributed by atoms with Crippen molar-refractivity contribution in [1.82, 2.24) is 0 Å². The third kappa shape index (κ3) is 3.90. The topological polar surface area (TPSA) is 0 Å². The molecule has 1 atom stereocenters. The molecule has 100 valence electrons. The van der Waals surface area contributed by atoms with Crippen LogP contribution in [0.25, 0.3) is 0 Å². The highest BCUT2D eigenvalue weighted by atomic mass is 79.9. The van der Waals surface area contributed by atoms with Crippen molar-refractivity contribution in [1.29, 1.82) is 0 Å². The van der Waals surface area contributed by atoms with Gasteiger partial charge in [0.05, 0.1) is 4.47 Å². The molecular formula is C16H15Br2F. The van der Waals surface area contributed by atoms with E-state index < -0.39 is 0 Å². The van der Waals surface area contributed by atoms with Gasteiger partial charge in [-0.15, -0.1) is 0 Å². The maximum Gasteiger partial charge on any atom is 0.137 e. The Morgan fingerprint density at radius 2 is 1.79 bits per heavy atom. The van der Waals surface area contributed by atoms with Gasteiger partial charge in [-0.25, -0.2) is 4.39 Å². The summed E-state index contributed by atoms with van der Waals surface area (Å²) in [4.78, 5) is 0. The van der Waals surface area contributed by atoms with Crippen LogP contribution in [0.1, 0.15) is 22.6 Å². The van der Waals surface area contributed by atoms with E-state index in [9.17, 15) is 4.39 Å². The maximum absolute atomic E-state index is 13.2. The molecule has 2 rings (SSSR count). The second kappa shape index (κ2) is 6.67. The average molecular weight is 386 g/mol. The van der Waals surface area contributed by atoms with Gasteiger partial charge in [-0.1, -0.05) is 51.8 Å². The third-order valence-electron chi connectivity index (χ3n) is 3.20. The van der Waals surface area contributed by atoms with E-state index in [1.54, 1.807) is 0 Å². The lowest BCUT2D eigenvalue weighted by molar-refractivity contribution is 0.619. The van der Waals surface area contributed by atoms with Gasteiger partial charge in [-0.3, -0.25) is 0 Å². The number of rotatable bonds is 4. The Balaban J connectivity index is 2.18. The van der Waals surface area contributed by atoms with Crippen LogP contribution in [0.4, 0.5) is 4.39 Å². The Bertz CT molecular complexity index is 549. The van der Waals surface area contributed by atoms with E-state index in [1.165, 1.54) is 17.2 Å². The number of alkyl halides is 1. The molecule has 19 heavy (non-hydrogen) atoms. The molecule has 0 N–H and O–H groups in total. The molecule has 0 fully saturated rings. The summed E-state index contributed by atoms with van der Waals surface area (Å²) < 4.78 is 13.8. The standard InChI is InChI=1S/C16H15Br2F/c1-11-2-5-13(6-3-11)14(10-17)8-12-4-7-16(19)15(18)9-12/h2-7,9,14H,8,10H2,1H3. The molecule has 0 saturated heterocycles. The number of benzene rings is 2. The molecule has 0 aliphatic rings. The van der Waals surface area contributed by atoms with Gasteiger partial charge >= 0.3 is 0 Å². The molecule has 0 amide bonds. The quantitative estimate of drug-likeness (QED) is 0.599. The van der Waals surface area contributed by atoms with E-state index >= 15 is 0 Å². The Morgan fingerprint density at radius 1 is 1.11 bits per heavy atom. The fourth-order valence-corrected chi connectivity index (χ4v) is 3.08. The molecule has 2 aromatic carbocycles. The van der Waals surface area contributed by atoms with Crippen LogP contribution in [0.5, 0.6) is 0 Å². The van der Waals surface area contributed by atoms with Crippen LogP contribution in [0, 0.1) is 12.7 Å². The first-order valence-corrected chi connectivity index (χ1v) is 8.08. The molecule has 0 spiro atoms. The molecule has 3 heteroatoms. The van der Waals surface area contributed by atoms with Crippen LogP contribution in [-0.2, 0) is 6.42 Å². The zero-order chi connectivity index (χ0) is 13.8. The summed E-state index contributed by atoms with van der Waals surface area (Å²) >= 11 is 6.81. The van der Waals surface area contributed by atoms with Crippen molar-refractivity contribution in [3.8, 4) is 0 Å². The summed E-state index contributed by atoms with van der Waals surface area (Å²) in [5.74, 6) is 0.187. The van der Waals surface area contributed by atoms with E-state index in [0.29, 0.717) is 10.4 Å². The molecule has 0 nitrogen and oxygen atoms in total. The predicted molar refractivity (Wildman–Crippen MR) is 85.5 cm³/mol. The maximum atomic E-state index is 13.2. The molecule has 0 bridgehead atoms. The van der Waals surface area contributed by atoms with Crippen molar-refractivity contribution in [3.05, 3.63) is 69.4 Å². The van der Waals surface area contributed by atoms with Gasteiger partial charge in [-0.2, -0.15) is 0 Å². The predicted octanol–water partition coefficient (Wildman–Crippen LogP) is 5.62. The summed E-state index contributed by atoms with van der Waals surface area (Å²) in [6.07, 6.45) is 0.896. The lowest BCUT2D eigenvalue weighted by Crippen LogP contribution is -2.04. The van der Waals surface area contributed by atoms with Gasteiger partial charge in [0.1, 0.15) is 5.82 Å². The fraction of sp³-hybridized carbons (Fsp3) is 0.250. The number of hydrogen-bond acceptors (Lipinski definition) is 0. The zero-order valence-electron chi connectivity index (χ0n) is 10.7. The number of aryl methyl sites for hydroxylation is 1. The van der Waals surface area contributed by atoms with Crippen molar-refractivity contribution in [2.24, 2.45) is 0 Å². The normalized spacial score (nSPS) is 12.4. The van der Waals surface area contributed by atoms with E-state index in [4.69, 9.17) is 0 Å². The summed E-state index contributed by atoms with van der Waals surface area (Å²) in [7, 11) is 0. The Labute approximate surface area is 130 Å². The van der Waals surface area contributed by atoms with Gasteiger partial charge < -0.3 is 0 Å². The highest BCUT2D eigenvalue weighted by Gasteiger charge is 2.12. The Kier molecular flexibility index (Phi) is 5.17. The Hall–Kier alpha value is -0.670. The van der Waals surface area contributed by atoms with Crippen molar-refractivity contribution in [2.75, 3.05) is 5.33 Å². The smallest absolute Gasteiger partial charge is 0.137 e. The van der Waals surface area contributed by atoms with Gasteiger partial charge in [0.15, 0.2) is 0 Å². The molecule has 0 aromatic heterocycles. The van der Waals surface area contributed by atoms with Gasteiger partial charge in [-0.05, 0) is 58.5 Å². The summed E-state index contributed by atoms with van der Waals surface area (Å²) in [6, 6.07) is 13.8. The summed E-state index contributed by atoms with van der Waals surface area (Å²) in [5.41, 5.74) is 3.71. The van der Waals surface area contributed by atoms with Crippen LogP contribution < -0.4 is 0 Å². The molecule has 2 aromatic rings. The first-order chi connectivity index (χ1) is 9.10. The van der Waals surface area contributed by atoms with Gasteiger partial charge in [0.2, 0.25) is 0 Å². The van der Waals surface area contributed by atoms with Crippen LogP contribution in [0.15, 0.2) is 46.9 Å². The Morgan fingerprint density at radius 3 is 2.37 bits per heavy atom. The minimum atomic E-state index is -0.213. The average Bonchev–Trinajstić information content (AvgIpc) is 2.41. The molecular weight excluding hydrogens is 371 g/mol. The molecule has 0 saturated carbocycles. The molecule has 0 aliphatic heterocycles. The lowest BCUT2D eigenvalue weighted by Gasteiger charge is -2.15. The first kappa shape index (κ1) is 14.7. The van der Waals surface area contributed by atoms with Crippen LogP contribution in [-0.4, -0.2) is 5.33 Å². The van der Waals surface area contributed by atoms with Gasteiger partial charge in [0.25, 0.3) is 0 Å². The lowest BCUT2D eigenvalue weighted by atomic mass is 9.93. The first-order valence-electron chi connectivity index (χ1n) is 6.16. The monoisotopic (exact) mass is 384 g/mol. The largest absolute Gasteiger partial charge is 0.206 e. The molecule has 0 heterocycles. The highest BCUT2D eigenvalue weighted by Crippen LogP contribution is 2.25. The number of hydrogen-bond donors (Lipinski definition) is 0. The van der Waals surface area contributed by atoms with Crippen LogP contribution in [0.2, 0.25) is 0 Å². The fourth-order valence-electron chi connectivity index (χ4n) is 2.05.